The molecule has 0 aromatic rings. The minimum absolute atomic E-state index is 0.929. The van der Waals surface area contributed by atoms with E-state index in [4.69, 9.17) is 0 Å². The molecule has 0 aromatic heterocycles. The second-order valence-electron chi connectivity index (χ2n) is 6.58. The van der Waals surface area contributed by atoms with Crippen LogP contribution in [0, 0.1) is 29.1 Å². The van der Waals surface area contributed by atoms with E-state index in [-0.39, 0.29) is 0 Å². The molecule has 0 amide bonds. The van der Waals surface area contributed by atoms with E-state index in [0.29, 0.717) is 0 Å². The molecule has 4 saturated carbocycles. The van der Waals surface area contributed by atoms with Crippen LogP contribution in [0.2, 0.25) is 0 Å². The molecule has 4 aliphatic carbocycles. The van der Waals surface area contributed by atoms with Crippen LogP contribution in [0.3, 0.4) is 0 Å². The van der Waals surface area contributed by atoms with Crippen LogP contribution in [0.5, 0.6) is 0 Å². The lowest BCUT2D eigenvalue weighted by Gasteiger charge is -2.34. The molecule has 0 N–H and O–H groups in total. The molecule has 4 rings (SSSR count). The van der Waals surface area contributed by atoms with Crippen molar-refractivity contribution >= 4 is 0 Å². The lowest BCUT2D eigenvalue weighted by molar-refractivity contribution is 0.157. The van der Waals surface area contributed by atoms with Crippen molar-refractivity contribution in [2.24, 2.45) is 29.1 Å². The molecule has 0 aromatic carbocycles. The second-order valence-corrected chi connectivity index (χ2v) is 6.58. The van der Waals surface area contributed by atoms with Crippen LogP contribution in [0.1, 0.15) is 57.8 Å². The van der Waals surface area contributed by atoms with Gasteiger partial charge in [-0.3, -0.25) is 0 Å². The van der Waals surface area contributed by atoms with Crippen LogP contribution in [0.25, 0.3) is 0 Å². The third-order valence-corrected chi connectivity index (χ3v) is 6.05. The number of hydrogen-bond acceptors (Lipinski definition) is 0. The van der Waals surface area contributed by atoms with Gasteiger partial charge in [0.05, 0.1) is 0 Å². The molecule has 0 bridgehead atoms. The molecule has 0 heteroatoms. The van der Waals surface area contributed by atoms with E-state index in [1.165, 1.54) is 23.7 Å². The number of hydrogen-bond donors (Lipinski definition) is 0. The fraction of sp³-hybridized carbons (Fsp3) is 1.00. The van der Waals surface area contributed by atoms with E-state index < -0.39 is 0 Å². The van der Waals surface area contributed by atoms with Gasteiger partial charge in [-0.05, 0) is 61.2 Å². The molecule has 0 nitrogen and oxygen atoms in total. The van der Waals surface area contributed by atoms with Crippen LogP contribution in [0.4, 0.5) is 0 Å². The smallest absolute Gasteiger partial charge is 0.0235 e. The highest BCUT2D eigenvalue weighted by molar-refractivity contribution is 5.13. The summed E-state index contributed by atoms with van der Waals surface area (Å²) >= 11 is 0. The van der Waals surface area contributed by atoms with Gasteiger partial charge in [0.15, 0.2) is 0 Å². The zero-order valence-corrected chi connectivity index (χ0v) is 9.17. The van der Waals surface area contributed by atoms with Crippen molar-refractivity contribution in [1.82, 2.24) is 0 Å². The van der Waals surface area contributed by atoms with Gasteiger partial charge < -0.3 is 0 Å². The Balaban J connectivity index is 1.57. The fourth-order valence-corrected chi connectivity index (χ4v) is 5.20. The van der Waals surface area contributed by atoms with E-state index in [2.05, 4.69) is 0 Å². The summed E-state index contributed by atoms with van der Waals surface area (Å²) in [5.74, 6) is 4.81. The summed E-state index contributed by atoms with van der Waals surface area (Å²) in [4.78, 5) is 0. The molecule has 5 unspecified atom stereocenters. The summed E-state index contributed by atoms with van der Waals surface area (Å²) in [5, 5.41) is 0. The second kappa shape index (κ2) is 2.57. The molecule has 14 heavy (non-hydrogen) atoms. The standard InChI is InChI=1S/C14H22/c1-2-7-14(9-11(14)5-1)13-6-3-4-10-8-12(10)13/h10-13H,1-9H2. The first kappa shape index (κ1) is 8.19. The molecule has 0 radical (unpaired) electrons. The molecular weight excluding hydrogens is 168 g/mol. The van der Waals surface area contributed by atoms with Crippen molar-refractivity contribution in [1.29, 1.82) is 0 Å². The molecule has 0 heterocycles. The average Bonchev–Trinajstić information content (AvgIpc) is 3.11. The predicted octanol–water partition coefficient (Wildman–Crippen LogP) is 4.00. The third-order valence-electron chi connectivity index (χ3n) is 6.05. The Hall–Kier alpha value is 0. The normalized spacial score (nSPS) is 60.0. The van der Waals surface area contributed by atoms with Crippen molar-refractivity contribution in [2.75, 3.05) is 0 Å². The lowest BCUT2D eigenvalue weighted by atomic mass is 9.71. The van der Waals surface area contributed by atoms with Gasteiger partial charge in [0.1, 0.15) is 0 Å². The minimum atomic E-state index is 0.929. The topological polar surface area (TPSA) is 0 Å². The molecule has 78 valence electrons. The van der Waals surface area contributed by atoms with E-state index in [9.17, 15) is 0 Å². The van der Waals surface area contributed by atoms with Crippen LogP contribution in [-0.2, 0) is 0 Å². The zero-order valence-electron chi connectivity index (χ0n) is 9.17. The first-order valence-corrected chi connectivity index (χ1v) is 6.90. The highest BCUT2D eigenvalue weighted by atomic mass is 14.7. The average molecular weight is 190 g/mol. The van der Waals surface area contributed by atoms with Crippen molar-refractivity contribution in [3.05, 3.63) is 0 Å². The predicted molar refractivity (Wildman–Crippen MR) is 57.9 cm³/mol. The van der Waals surface area contributed by atoms with Gasteiger partial charge in [0.25, 0.3) is 0 Å². The Labute approximate surface area is 87.5 Å². The Bertz CT molecular complexity index is 257. The molecule has 4 aliphatic rings. The quantitative estimate of drug-likeness (QED) is 0.586. The van der Waals surface area contributed by atoms with Crippen LogP contribution in [0.15, 0.2) is 0 Å². The zero-order chi connectivity index (χ0) is 9.17. The Morgan fingerprint density at radius 1 is 0.929 bits per heavy atom. The van der Waals surface area contributed by atoms with Gasteiger partial charge in [-0.2, -0.15) is 0 Å². The van der Waals surface area contributed by atoms with E-state index in [0.717, 1.165) is 5.41 Å². The first-order chi connectivity index (χ1) is 6.90. The largest absolute Gasteiger partial charge is 0.0530 e. The van der Waals surface area contributed by atoms with Crippen molar-refractivity contribution in [2.45, 2.75) is 57.8 Å². The number of rotatable bonds is 1. The Morgan fingerprint density at radius 3 is 2.86 bits per heavy atom. The molecule has 0 saturated heterocycles. The summed E-state index contributed by atoms with van der Waals surface area (Å²) in [6.45, 7) is 0. The van der Waals surface area contributed by atoms with Crippen molar-refractivity contribution in [3.63, 3.8) is 0 Å². The maximum Gasteiger partial charge on any atom is -0.0235 e. The number of fused-ring (bicyclic) bond motifs is 2. The lowest BCUT2D eigenvalue weighted by Crippen LogP contribution is -2.25. The first-order valence-electron chi connectivity index (χ1n) is 6.90. The van der Waals surface area contributed by atoms with Crippen LogP contribution in [-0.4, -0.2) is 0 Å². The van der Waals surface area contributed by atoms with Crippen molar-refractivity contribution < 1.29 is 0 Å². The Morgan fingerprint density at radius 2 is 1.93 bits per heavy atom. The van der Waals surface area contributed by atoms with Gasteiger partial charge >= 0.3 is 0 Å². The van der Waals surface area contributed by atoms with Gasteiger partial charge in [-0.1, -0.05) is 25.7 Å². The van der Waals surface area contributed by atoms with Crippen molar-refractivity contribution in [3.8, 4) is 0 Å². The molecule has 5 atom stereocenters. The molecular formula is C14H22. The summed E-state index contributed by atoms with van der Waals surface area (Å²) in [7, 11) is 0. The summed E-state index contributed by atoms with van der Waals surface area (Å²) < 4.78 is 0. The summed E-state index contributed by atoms with van der Waals surface area (Å²) in [6, 6.07) is 0. The van der Waals surface area contributed by atoms with Gasteiger partial charge in [-0.15, -0.1) is 0 Å². The molecule has 4 fully saturated rings. The third kappa shape index (κ3) is 0.955. The maximum absolute atomic E-state index is 1.64. The van der Waals surface area contributed by atoms with E-state index in [1.54, 1.807) is 57.8 Å². The van der Waals surface area contributed by atoms with Crippen LogP contribution >= 0.6 is 0 Å². The highest BCUT2D eigenvalue weighted by Gasteiger charge is 2.63. The fourth-order valence-electron chi connectivity index (χ4n) is 5.20. The van der Waals surface area contributed by atoms with Gasteiger partial charge in [-0.25, -0.2) is 0 Å². The van der Waals surface area contributed by atoms with Gasteiger partial charge in [0, 0.05) is 0 Å². The summed E-state index contributed by atoms with van der Waals surface area (Å²) in [5.41, 5.74) is 0.929. The molecule has 0 aliphatic heterocycles. The molecule has 0 spiro atoms. The Kier molecular flexibility index (Phi) is 1.50. The van der Waals surface area contributed by atoms with E-state index in [1.807, 2.05) is 0 Å². The van der Waals surface area contributed by atoms with E-state index >= 15 is 0 Å². The maximum atomic E-state index is 1.64. The highest BCUT2D eigenvalue weighted by Crippen LogP contribution is 2.72. The monoisotopic (exact) mass is 190 g/mol. The minimum Gasteiger partial charge on any atom is -0.0530 e. The van der Waals surface area contributed by atoms with Crippen LogP contribution < -0.4 is 0 Å². The van der Waals surface area contributed by atoms with Gasteiger partial charge in [0.2, 0.25) is 0 Å². The summed E-state index contributed by atoms with van der Waals surface area (Å²) in [6.07, 6.45) is 14.3. The SMILES string of the molecule is C1CCC2(C3CCCC4CC43)CC2C1.